The van der Waals surface area contributed by atoms with Gasteiger partial charge in [0.05, 0.1) is 12.2 Å². The summed E-state index contributed by atoms with van der Waals surface area (Å²) in [7, 11) is 0. The van der Waals surface area contributed by atoms with E-state index in [4.69, 9.17) is 4.74 Å². The lowest BCUT2D eigenvalue weighted by Gasteiger charge is -2.04. The number of rotatable bonds is 4. The van der Waals surface area contributed by atoms with E-state index in [0.29, 0.717) is 12.2 Å². The van der Waals surface area contributed by atoms with Crippen LogP contribution in [0.25, 0.3) is 5.57 Å². The number of allylic oxidation sites excluding steroid dienone is 2. The molecule has 0 atom stereocenters. The van der Waals surface area contributed by atoms with Gasteiger partial charge in [0.15, 0.2) is 0 Å². The molecule has 0 N–H and O–H groups in total. The van der Waals surface area contributed by atoms with Gasteiger partial charge in [-0.25, -0.2) is 4.79 Å². The molecular formula is C14H18O2. The molecule has 0 bridgehead atoms. The molecule has 0 saturated carbocycles. The third-order valence-electron chi connectivity index (χ3n) is 2.36. The number of hydrogen-bond acceptors (Lipinski definition) is 2. The van der Waals surface area contributed by atoms with Gasteiger partial charge in [-0.3, -0.25) is 0 Å². The van der Waals surface area contributed by atoms with Gasteiger partial charge in [-0.2, -0.15) is 0 Å². The van der Waals surface area contributed by atoms with E-state index in [1.165, 1.54) is 5.57 Å². The van der Waals surface area contributed by atoms with Crippen LogP contribution in [0, 0.1) is 0 Å². The Kier molecular flexibility index (Phi) is 4.77. The molecule has 0 aliphatic carbocycles. The molecule has 16 heavy (non-hydrogen) atoms. The van der Waals surface area contributed by atoms with Gasteiger partial charge in [0.2, 0.25) is 0 Å². The molecule has 0 saturated heterocycles. The van der Waals surface area contributed by atoms with Crippen molar-refractivity contribution in [1.29, 1.82) is 0 Å². The Bertz CT molecular complexity index is 374. The second-order valence-corrected chi connectivity index (χ2v) is 3.59. The topological polar surface area (TPSA) is 26.3 Å². The minimum atomic E-state index is -0.258. The zero-order chi connectivity index (χ0) is 12.0. The summed E-state index contributed by atoms with van der Waals surface area (Å²) >= 11 is 0. The van der Waals surface area contributed by atoms with E-state index in [0.717, 1.165) is 12.0 Å². The maximum Gasteiger partial charge on any atom is 0.338 e. The molecule has 2 heteroatoms. The molecule has 0 radical (unpaired) electrons. The monoisotopic (exact) mass is 218 g/mol. The largest absolute Gasteiger partial charge is 0.462 e. The standard InChI is InChI=1S/C14H18O2/c1-4-6-11(3)12-7-9-13(10-8-12)14(15)16-5-2/h6-10H,4-5H2,1-3H3/b11-6+. The summed E-state index contributed by atoms with van der Waals surface area (Å²) in [6.07, 6.45) is 3.19. The minimum absolute atomic E-state index is 0.258. The van der Waals surface area contributed by atoms with Gasteiger partial charge in [0, 0.05) is 0 Å². The Balaban J connectivity index is 2.83. The van der Waals surface area contributed by atoms with Crippen LogP contribution in [0.4, 0.5) is 0 Å². The molecule has 0 aliphatic rings. The molecule has 1 aromatic rings. The van der Waals surface area contributed by atoms with Crippen molar-refractivity contribution in [2.45, 2.75) is 27.2 Å². The van der Waals surface area contributed by atoms with Crippen molar-refractivity contribution in [2.24, 2.45) is 0 Å². The Labute approximate surface area is 96.9 Å². The average Bonchev–Trinajstić information content (AvgIpc) is 2.30. The molecule has 0 spiro atoms. The van der Waals surface area contributed by atoms with Gasteiger partial charge in [-0.1, -0.05) is 25.1 Å². The van der Waals surface area contributed by atoms with Gasteiger partial charge in [0.1, 0.15) is 0 Å². The normalized spacial score (nSPS) is 11.3. The molecule has 0 unspecified atom stereocenters. The lowest BCUT2D eigenvalue weighted by Crippen LogP contribution is -2.04. The highest BCUT2D eigenvalue weighted by molar-refractivity contribution is 5.89. The maximum atomic E-state index is 11.4. The summed E-state index contributed by atoms with van der Waals surface area (Å²) in [6.45, 7) is 6.40. The Morgan fingerprint density at radius 1 is 1.19 bits per heavy atom. The van der Waals surface area contributed by atoms with E-state index in [1.54, 1.807) is 19.1 Å². The van der Waals surface area contributed by atoms with E-state index < -0.39 is 0 Å². The molecule has 86 valence electrons. The molecule has 0 aromatic heterocycles. The highest BCUT2D eigenvalue weighted by atomic mass is 16.5. The van der Waals surface area contributed by atoms with Crippen LogP contribution in [0.2, 0.25) is 0 Å². The first-order valence-electron chi connectivity index (χ1n) is 5.63. The fourth-order valence-corrected chi connectivity index (χ4v) is 1.51. The number of carbonyl (C=O) groups is 1. The van der Waals surface area contributed by atoms with Gasteiger partial charge in [-0.15, -0.1) is 0 Å². The van der Waals surface area contributed by atoms with Crippen LogP contribution in [0.5, 0.6) is 0 Å². The van der Waals surface area contributed by atoms with E-state index in [2.05, 4.69) is 19.9 Å². The summed E-state index contributed by atoms with van der Waals surface area (Å²) < 4.78 is 4.92. The summed E-state index contributed by atoms with van der Waals surface area (Å²) in [5.41, 5.74) is 2.99. The number of ether oxygens (including phenoxy) is 1. The van der Waals surface area contributed by atoms with Crippen LogP contribution < -0.4 is 0 Å². The third-order valence-corrected chi connectivity index (χ3v) is 2.36. The van der Waals surface area contributed by atoms with Gasteiger partial charge in [0.25, 0.3) is 0 Å². The summed E-state index contributed by atoms with van der Waals surface area (Å²) in [6, 6.07) is 7.52. The second-order valence-electron chi connectivity index (χ2n) is 3.59. The van der Waals surface area contributed by atoms with E-state index in [9.17, 15) is 4.79 Å². The molecule has 0 aliphatic heterocycles. The van der Waals surface area contributed by atoms with Crippen molar-refractivity contribution >= 4 is 11.5 Å². The first-order valence-corrected chi connectivity index (χ1v) is 5.63. The van der Waals surface area contributed by atoms with Crippen molar-refractivity contribution in [3.63, 3.8) is 0 Å². The van der Waals surface area contributed by atoms with Crippen molar-refractivity contribution < 1.29 is 9.53 Å². The first kappa shape index (κ1) is 12.5. The van der Waals surface area contributed by atoms with Crippen molar-refractivity contribution in [3.05, 3.63) is 41.5 Å². The Morgan fingerprint density at radius 2 is 1.75 bits per heavy atom. The number of hydrogen-bond donors (Lipinski definition) is 0. The third kappa shape index (κ3) is 3.23. The van der Waals surface area contributed by atoms with E-state index >= 15 is 0 Å². The van der Waals surface area contributed by atoms with Crippen LogP contribution in [0.3, 0.4) is 0 Å². The van der Waals surface area contributed by atoms with Crippen LogP contribution in [0.1, 0.15) is 43.1 Å². The van der Waals surface area contributed by atoms with Crippen molar-refractivity contribution in [3.8, 4) is 0 Å². The zero-order valence-corrected chi connectivity index (χ0v) is 10.1. The molecule has 1 rings (SSSR count). The summed E-state index contributed by atoms with van der Waals surface area (Å²) in [5.74, 6) is -0.258. The summed E-state index contributed by atoms with van der Waals surface area (Å²) in [4.78, 5) is 11.4. The van der Waals surface area contributed by atoms with Gasteiger partial charge in [-0.05, 0) is 43.5 Å². The predicted octanol–water partition coefficient (Wildman–Crippen LogP) is 3.68. The number of esters is 1. The average molecular weight is 218 g/mol. The van der Waals surface area contributed by atoms with E-state index in [-0.39, 0.29) is 5.97 Å². The maximum absolute atomic E-state index is 11.4. The van der Waals surface area contributed by atoms with Crippen LogP contribution in [-0.2, 0) is 4.74 Å². The van der Waals surface area contributed by atoms with E-state index in [1.807, 2.05) is 12.1 Å². The first-order chi connectivity index (χ1) is 7.69. The second kappa shape index (κ2) is 6.11. The van der Waals surface area contributed by atoms with Crippen molar-refractivity contribution in [1.82, 2.24) is 0 Å². The minimum Gasteiger partial charge on any atom is -0.462 e. The highest BCUT2D eigenvalue weighted by Crippen LogP contribution is 2.15. The fraction of sp³-hybridized carbons (Fsp3) is 0.357. The molecule has 0 amide bonds. The van der Waals surface area contributed by atoms with Crippen LogP contribution in [0.15, 0.2) is 30.3 Å². The molecule has 1 aromatic carbocycles. The highest BCUT2D eigenvalue weighted by Gasteiger charge is 2.05. The molecule has 0 heterocycles. The predicted molar refractivity (Wildman–Crippen MR) is 66.3 cm³/mol. The summed E-state index contributed by atoms with van der Waals surface area (Å²) in [5, 5.41) is 0. The molecule has 0 fully saturated rings. The Hall–Kier alpha value is -1.57. The number of carbonyl (C=O) groups excluding carboxylic acids is 1. The molecule has 2 nitrogen and oxygen atoms in total. The Morgan fingerprint density at radius 3 is 2.25 bits per heavy atom. The fourth-order valence-electron chi connectivity index (χ4n) is 1.51. The SMILES string of the molecule is CC/C=C(\C)c1ccc(C(=O)OCC)cc1. The van der Waals surface area contributed by atoms with Gasteiger partial charge >= 0.3 is 5.97 Å². The van der Waals surface area contributed by atoms with Crippen molar-refractivity contribution in [2.75, 3.05) is 6.61 Å². The van der Waals surface area contributed by atoms with Crippen LogP contribution in [-0.4, -0.2) is 12.6 Å². The smallest absolute Gasteiger partial charge is 0.338 e. The zero-order valence-electron chi connectivity index (χ0n) is 10.1. The lowest BCUT2D eigenvalue weighted by molar-refractivity contribution is 0.0526. The quantitative estimate of drug-likeness (QED) is 0.721. The van der Waals surface area contributed by atoms with Crippen LogP contribution >= 0.6 is 0 Å². The molecular weight excluding hydrogens is 200 g/mol. The number of benzene rings is 1. The van der Waals surface area contributed by atoms with Gasteiger partial charge < -0.3 is 4.74 Å². The lowest BCUT2D eigenvalue weighted by atomic mass is 10.0.